The lowest BCUT2D eigenvalue weighted by molar-refractivity contribution is -0.140. The summed E-state index contributed by atoms with van der Waals surface area (Å²) in [5.74, 6) is -1.86. The van der Waals surface area contributed by atoms with Crippen molar-refractivity contribution in [2.24, 2.45) is 0 Å². The maximum absolute atomic E-state index is 13.3. The van der Waals surface area contributed by atoms with Crippen LogP contribution in [0.25, 0.3) is 5.76 Å². The molecular formula is C27H27N3O6. The zero-order valence-corrected chi connectivity index (χ0v) is 20.5. The Kier molecular flexibility index (Phi) is 6.91. The lowest BCUT2D eigenvalue weighted by atomic mass is 9.94. The van der Waals surface area contributed by atoms with Crippen LogP contribution in [0, 0.1) is 13.8 Å². The van der Waals surface area contributed by atoms with Gasteiger partial charge in [0, 0.05) is 30.2 Å². The average molecular weight is 490 g/mol. The molecule has 1 saturated heterocycles. The van der Waals surface area contributed by atoms with Crippen molar-refractivity contribution in [2.75, 3.05) is 13.7 Å². The molecule has 4 rings (SSSR count). The predicted molar refractivity (Wildman–Crippen MR) is 131 cm³/mol. The van der Waals surface area contributed by atoms with Gasteiger partial charge in [0.05, 0.1) is 25.3 Å². The molecule has 186 valence electrons. The number of aliphatic hydroxyl groups excluding tert-OH is 1. The molecule has 0 saturated carbocycles. The number of aliphatic hydroxyl groups is 1. The van der Waals surface area contributed by atoms with E-state index in [2.05, 4.69) is 9.97 Å². The first-order chi connectivity index (χ1) is 17.3. The molecule has 2 N–H and O–H groups in total. The summed E-state index contributed by atoms with van der Waals surface area (Å²) in [6, 6.07) is 9.65. The average Bonchev–Trinajstić information content (AvgIpc) is 3.32. The molecule has 1 aliphatic rings. The van der Waals surface area contributed by atoms with Crippen LogP contribution in [0.4, 0.5) is 0 Å². The summed E-state index contributed by atoms with van der Waals surface area (Å²) < 4.78 is 10.4. The van der Waals surface area contributed by atoms with Crippen molar-refractivity contribution in [1.82, 2.24) is 14.9 Å². The van der Waals surface area contributed by atoms with E-state index in [0.29, 0.717) is 22.6 Å². The highest BCUT2D eigenvalue weighted by Crippen LogP contribution is 2.42. The number of esters is 1. The third-order valence-electron chi connectivity index (χ3n) is 6.20. The molecule has 9 nitrogen and oxygen atoms in total. The number of benzene rings is 1. The van der Waals surface area contributed by atoms with Crippen molar-refractivity contribution in [3.05, 3.63) is 88.0 Å². The van der Waals surface area contributed by atoms with Crippen LogP contribution in [0.15, 0.2) is 54.4 Å². The summed E-state index contributed by atoms with van der Waals surface area (Å²) in [6.07, 6.45) is 3.24. The lowest BCUT2D eigenvalue weighted by Gasteiger charge is -2.25. The number of methoxy groups -OCH3 is 1. The number of aryl methyl sites for hydroxylation is 1. The van der Waals surface area contributed by atoms with Gasteiger partial charge in [0.2, 0.25) is 0 Å². The largest absolute Gasteiger partial charge is 0.507 e. The zero-order valence-electron chi connectivity index (χ0n) is 20.5. The number of rotatable bonds is 7. The molecule has 2 aromatic heterocycles. The molecule has 0 bridgehead atoms. The second-order valence-electron chi connectivity index (χ2n) is 8.41. The Morgan fingerprint density at radius 2 is 1.89 bits per heavy atom. The molecule has 0 radical (unpaired) electrons. The Balaban J connectivity index is 1.88. The van der Waals surface area contributed by atoms with Crippen LogP contribution >= 0.6 is 0 Å². The van der Waals surface area contributed by atoms with Crippen LogP contribution < -0.4 is 4.74 Å². The fourth-order valence-corrected chi connectivity index (χ4v) is 4.51. The molecule has 0 unspecified atom stereocenters. The minimum absolute atomic E-state index is 0.0605. The number of nitrogens with one attached hydrogen (secondary N) is 1. The number of nitrogens with zero attached hydrogens (tertiary/aromatic N) is 2. The number of aromatic nitrogens is 2. The summed E-state index contributed by atoms with van der Waals surface area (Å²) >= 11 is 0. The minimum atomic E-state index is -0.865. The van der Waals surface area contributed by atoms with Crippen LogP contribution in [-0.4, -0.2) is 51.4 Å². The number of hydrogen-bond donors (Lipinski definition) is 2. The number of ketones is 1. The van der Waals surface area contributed by atoms with Gasteiger partial charge < -0.3 is 24.5 Å². The maximum Gasteiger partial charge on any atom is 0.355 e. The molecule has 36 heavy (non-hydrogen) atoms. The van der Waals surface area contributed by atoms with Crippen molar-refractivity contribution >= 4 is 23.4 Å². The van der Waals surface area contributed by atoms with E-state index in [9.17, 15) is 19.5 Å². The second-order valence-corrected chi connectivity index (χ2v) is 8.41. The first kappa shape index (κ1) is 24.7. The third-order valence-corrected chi connectivity index (χ3v) is 6.20. The third kappa shape index (κ3) is 4.35. The van der Waals surface area contributed by atoms with E-state index >= 15 is 0 Å². The predicted octanol–water partition coefficient (Wildman–Crippen LogP) is 3.83. The van der Waals surface area contributed by atoms with Crippen LogP contribution in [0.3, 0.4) is 0 Å². The topological polar surface area (TPSA) is 122 Å². The standard InChI is InChI=1S/C27H27N3O6/c1-5-36-27(34)22-15(2)20(16(3)29-22)24(31)21-23(18-8-10-19(35-4)11-9-18)30(26(33)25(21)32)14-17-7-6-12-28-13-17/h6-13,23,29,31H,5,14H2,1-4H3/b24-21+/t23-/m1/s1. The molecule has 3 aromatic rings. The van der Waals surface area contributed by atoms with Gasteiger partial charge in [-0.15, -0.1) is 0 Å². The summed E-state index contributed by atoms with van der Waals surface area (Å²) in [5, 5.41) is 11.5. The molecule has 0 aliphatic carbocycles. The van der Waals surface area contributed by atoms with Crippen molar-refractivity contribution in [3.63, 3.8) is 0 Å². The number of Topliss-reactive ketones (excluding diaryl/α,β-unsaturated/α-hetero) is 1. The number of carbonyl (C=O) groups is 3. The first-order valence-corrected chi connectivity index (χ1v) is 11.5. The van der Waals surface area contributed by atoms with Crippen molar-refractivity contribution in [2.45, 2.75) is 33.4 Å². The fourth-order valence-electron chi connectivity index (χ4n) is 4.51. The highest BCUT2D eigenvalue weighted by molar-refractivity contribution is 6.46. The van der Waals surface area contributed by atoms with Crippen molar-refractivity contribution in [1.29, 1.82) is 0 Å². The van der Waals surface area contributed by atoms with E-state index in [1.165, 1.54) is 4.90 Å². The van der Waals surface area contributed by atoms with Crippen LogP contribution in [0.5, 0.6) is 5.75 Å². The highest BCUT2D eigenvalue weighted by Gasteiger charge is 2.46. The summed E-state index contributed by atoms with van der Waals surface area (Å²) in [4.78, 5) is 47.4. The fraction of sp³-hybridized carbons (Fsp3) is 0.259. The number of ether oxygens (including phenoxy) is 2. The molecule has 0 spiro atoms. The van der Waals surface area contributed by atoms with Crippen LogP contribution in [0.2, 0.25) is 0 Å². The smallest absolute Gasteiger partial charge is 0.355 e. The van der Waals surface area contributed by atoms with Gasteiger partial charge in [-0.2, -0.15) is 0 Å². The number of pyridine rings is 1. The molecule has 1 atom stereocenters. The van der Waals surface area contributed by atoms with Gasteiger partial charge in [-0.05, 0) is 55.7 Å². The van der Waals surface area contributed by atoms with Gasteiger partial charge >= 0.3 is 5.97 Å². The molecule has 1 amide bonds. The Morgan fingerprint density at radius 1 is 1.17 bits per heavy atom. The van der Waals surface area contributed by atoms with E-state index in [-0.39, 0.29) is 35.7 Å². The number of aromatic amines is 1. The minimum Gasteiger partial charge on any atom is -0.507 e. The summed E-state index contributed by atoms with van der Waals surface area (Å²) in [6.45, 7) is 5.33. The normalized spacial score (nSPS) is 16.9. The van der Waals surface area contributed by atoms with Crippen LogP contribution in [-0.2, 0) is 20.9 Å². The van der Waals surface area contributed by atoms with E-state index in [0.717, 1.165) is 5.56 Å². The van der Waals surface area contributed by atoms with Gasteiger partial charge in [-0.1, -0.05) is 18.2 Å². The highest BCUT2D eigenvalue weighted by atomic mass is 16.5. The Bertz CT molecular complexity index is 1340. The van der Waals surface area contributed by atoms with Crippen LogP contribution in [0.1, 0.15) is 51.4 Å². The van der Waals surface area contributed by atoms with Gasteiger partial charge in [0.15, 0.2) is 0 Å². The van der Waals surface area contributed by atoms with Gasteiger partial charge in [0.1, 0.15) is 17.2 Å². The number of amides is 1. The summed E-state index contributed by atoms with van der Waals surface area (Å²) in [5.41, 5.74) is 2.66. The van der Waals surface area contributed by atoms with Gasteiger partial charge in [-0.3, -0.25) is 14.6 Å². The number of H-pyrrole nitrogens is 1. The molecular weight excluding hydrogens is 462 g/mol. The number of hydrogen-bond acceptors (Lipinski definition) is 7. The second kappa shape index (κ2) is 10.1. The summed E-state index contributed by atoms with van der Waals surface area (Å²) in [7, 11) is 1.54. The van der Waals surface area contributed by atoms with Crippen molar-refractivity contribution in [3.8, 4) is 5.75 Å². The SMILES string of the molecule is CCOC(=O)c1[nH]c(C)c(/C(O)=C2\C(=O)C(=O)N(Cc3cccnc3)[C@@H]2c2ccc(OC)cc2)c1C. The molecule has 3 heterocycles. The molecule has 9 heteroatoms. The monoisotopic (exact) mass is 489 g/mol. The van der Waals surface area contributed by atoms with Gasteiger partial charge in [-0.25, -0.2) is 4.79 Å². The van der Waals surface area contributed by atoms with Crippen molar-refractivity contribution < 1.29 is 29.0 Å². The molecule has 1 fully saturated rings. The molecule has 1 aromatic carbocycles. The van der Waals surface area contributed by atoms with Gasteiger partial charge in [0.25, 0.3) is 11.7 Å². The van der Waals surface area contributed by atoms with E-state index in [4.69, 9.17) is 9.47 Å². The Hall–Kier alpha value is -4.40. The first-order valence-electron chi connectivity index (χ1n) is 11.5. The lowest BCUT2D eigenvalue weighted by Crippen LogP contribution is -2.29. The van der Waals surface area contributed by atoms with E-state index in [1.807, 2.05) is 6.07 Å². The Labute approximate surface area is 208 Å². The quantitative estimate of drug-likeness (QED) is 0.224. The van der Waals surface area contributed by atoms with E-state index < -0.39 is 23.7 Å². The van der Waals surface area contributed by atoms with E-state index in [1.54, 1.807) is 70.6 Å². The Morgan fingerprint density at radius 3 is 2.50 bits per heavy atom. The number of carbonyl (C=O) groups excluding carboxylic acids is 3. The molecule has 1 aliphatic heterocycles. The number of likely N-dealkylation sites (tertiary alicyclic amines) is 1. The maximum atomic E-state index is 13.3. The zero-order chi connectivity index (χ0) is 26.0.